The van der Waals surface area contributed by atoms with Gasteiger partial charge in [0.25, 0.3) is 5.91 Å². The minimum Gasteiger partial charge on any atom is -0.505 e. The molecule has 1 aliphatic rings. The highest BCUT2D eigenvalue weighted by atomic mass is 19.1. The summed E-state index contributed by atoms with van der Waals surface area (Å²) in [4.78, 5) is 12.1. The van der Waals surface area contributed by atoms with Gasteiger partial charge in [-0.25, -0.2) is 8.78 Å². The molecule has 5 nitrogen and oxygen atoms in total. The van der Waals surface area contributed by atoms with Gasteiger partial charge in [-0.3, -0.25) is 4.79 Å². The molecule has 1 saturated carbocycles. The van der Waals surface area contributed by atoms with E-state index in [1.807, 2.05) is 0 Å². The fourth-order valence-electron chi connectivity index (χ4n) is 3.30. The van der Waals surface area contributed by atoms with Gasteiger partial charge >= 0.3 is 0 Å². The Morgan fingerprint density at radius 3 is 2.46 bits per heavy atom. The minimum atomic E-state index is -1.02. The molecule has 0 radical (unpaired) electrons. The Morgan fingerprint density at radius 1 is 1.14 bits per heavy atom. The van der Waals surface area contributed by atoms with Crippen molar-refractivity contribution in [2.45, 2.75) is 31.3 Å². The zero-order valence-corrected chi connectivity index (χ0v) is 15.3. The van der Waals surface area contributed by atoms with Gasteiger partial charge in [0.05, 0.1) is 12.2 Å². The summed E-state index contributed by atoms with van der Waals surface area (Å²) in [7, 11) is 0. The number of nitrogens with one attached hydrogen (secondary N) is 1. The lowest BCUT2D eigenvalue weighted by atomic mass is 9.79. The summed E-state index contributed by atoms with van der Waals surface area (Å²) in [5.74, 6) is -1.33. The van der Waals surface area contributed by atoms with E-state index in [4.69, 9.17) is 4.74 Å². The van der Waals surface area contributed by atoms with Crippen molar-refractivity contribution >= 4 is 5.91 Å². The molecular formula is C21H23F2NO4. The van der Waals surface area contributed by atoms with Crippen LogP contribution in [0.25, 0.3) is 0 Å². The van der Waals surface area contributed by atoms with Crippen LogP contribution in [0.2, 0.25) is 0 Å². The predicted molar refractivity (Wildman–Crippen MR) is 99.2 cm³/mol. The van der Waals surface area contributed by atoms with Crippen molar-refractivity contribution in [3.05, 3.63) is 59.7 Å². The number of aliphatic hydroxyl groups is 1. The number of hydrogen-bond acceptors (Lipinski definition) is 4. The van der Waals surface area contributed by atoms with Gasteiger partial charge in [-0.15, -0.1) is 0 Å². The van der Waals surface area contributed by atoms with E-state index in [1.54, 1.807) is 12.1 Å². The molecule has 150 valence electrons. The first-order chi connectivity index (χ1) is 13.3. The standard InChI is InChI=1S/C21H23F2NO4/c22-16-2-4-17(5-3-16)28-12-14-7-9-21(27,10-8-14)13-24-20(26)15-1-6-19(25)18(23)11-15/h1-6,11,14,25,27H,7-10,12-13H2,(H,24,26)/t14-,21+. The molecule has 0 aromatic heterocycles. The van der Waals surface area contributed by atoms with Crippen LogP contribution in [0.15, 0.2) is 42.5 Å². The van der Waals surface area contributed by atoms with Crippen molar-refractivity contribution in [3.63, 3.8) is 0 Å². The lowest BCUT2D eigenvalue weighted by Gasteiger charge is -2.36. The molecule has 0 unspecified atom stereocenters. The maximum Gasteiger partial charge on any atom is 0.251 e. The zero-order valence-electron chi connectivity index (χ0n) is 15.3. The fourth-order valence-corrected chi connectivity index (χ4v) is 3.30. The Balaban J connectivity index is 1.44. The highest BCUT2D eigenvalue weighted by Gasteiger charge is 2.33. The summed E-state index contributed by atoms with van der Waals surface area (Å²) < 4.78 is 31.9. The van der Waals surface area contributed by atoms with Crippen LogP contribution >= 0.6 is 0 Å². The van der Waals surface area contributed by atoms with Gasteiger partial charge < -0.3 is 20.3 Å². The smallest absolute Gasteiger partial charge is 0.251 e. The molecule has 2 aromatic rings. The van der Waals surface area contributed by atoms with Gasteiger partial charge in [0.15, 0.2) is 11.6 Å². The van der Waals surface area contributed by atoms with Crippen molar-refractivity contribution in [1.82, 2.24) is 5.32 Å². The van der Waals surface area contributed by atoms with Crippen molar-refractivity contribution in [2.75, 3.05) is 13.2 Å². The van der Waals surface area contributed by atoms with E-state index in [1.165, 1.54) is 18.2 Å². The second-order valence-electron chi connectivity index (χ2n) is 7.28. The third-order valence-electron chi connectivity index (χ3n) is 5.12. The van der Waals surface area contributed by atoms with Crippen LogP contribution in [0.3, 0.4) is 0 Å². The fraction of sp³-hybridized carbons (Fsp3) is 0.381. The number of carbonyl (C=O) groups is 1. The molecule has 2 aromatic carbocycles. The van der Waals surface area contributed by atoms with Gasteiger partial charge in [-0.1, -0.05) is 0 Å². The normalized spacial score (nSPS) is 21.9. The average molecular weight is 391 g/mol. The molecular weight excluding hydrogens is 368 g/mol. The van der Waals surface area contributed by atoms with E-state index in [-0.39, 0.29) is 23.8 Å². The number of hydrogen-bond donors (Lipinski definition) is 3. The first kappa shape index (κ1) is 20.1. The molecule has 0 aliphatic heterocycles. The number of phenols is 1. The van der Waals surface area contributed by atoms with Crippen molar-refractivity contribution in [2.24, 2.45) is 5.92 Å². The summed E-state index contributed by atoms with van der Waals surface area (Å²) in [6.45, 7) is 0.556. The first-order valence-electron chi connectivity index (χ1n) is 9.22. The average Bonchev–Trinajstić information content (AvgIpc) is 2.69. The SMILES string of the molecule is O=C(NC[C@]1(O)CC[C@@H](COc2ccc(F)cc2)CC1)c1ccc(O)c(F)c1. The number of phenolic OH excluding ortho intramolecular Hbond substituents is 1. The molecule has 0 saturated heterocycles. The second-order valence-corrected chi connectivity index (χ2v) is 7.28. The highest BCUT2D eigenvalue weighted by molar-refractivity contribution is 5.94. The molecule has 1 aliphatic carbocycles. The monoisotopic (exact) mass is 391 g/mol. The number of ether oxygens (including phenoxy) is 1. The molecule has 3 rings (SSSR count). The molecule has 1 fully saturated rings. The summed E-state index contributed by atoms with van der Waals surface area (Å²) in [5.41, 5.74) is -0.933. The maximum atomic E-state index is 13.4. The van der Waals surface area contributed by atoms with Gasteiger partial charge in [-0.05, 0) is 74.1 Å². The van der Waals surface area contributed by atoms with Gasteiger partial charge in [0, 0.05) is 12.1 Å². The van der Waals surface area contributed by atoms with Crippen molar-refractivity contribution < 1.29 is 28.5 Å². The molecule has 0 atom stereocenters. The lowest BCUT2D eigenvalue weighted by Crippen LogP contribution is -2.45. The largest absolute Gasteiger partial charge is 0.505 e. The summed E-state index contributed by atoms with van der Waals surface area (Å²) in [6.07, 6.45) is 2.49. The van der Waals surface area contributed by atoms with E-state index < -0.39 is 23.1 Å². The number of aromatic hydroxyl groups is 1. The molecule has 3 N–H and O–H groups in total. The summed E-state index contributed by atoms with van der Waals surface area (Å²) >= 11 is 0. The van der Waals surface area contributed by atoms with Crippen LogP contribution in [-0.4, -0.2) is 34.9 Å². The van der Waals surface area contributed by atoms with E-state index in [9.17, 15) is 23.8 Å². The number of halogens is 2. The Morgan fingerprint density at radius 2 is 1.82 bits per heavy atom. The molecule has 0 heterocycles. The van der Waals surface area contributed by atoms with Crippen LogP contribution in [0.4, 0.5) is 8.78 Å². The molecule has 0 spiro atoms. The zero-order chi connectivity index (χ0) is 20.1. The van der Waals surface area contributed by atoms with Crippen LogP contribution in [-0.2, 0) is 0 Å². The minimum absolute atomic E-state index is 0.0693. The van der Waals surface area contributed by atoms with Crippen molar-refractivity contribution in [3.8, 4) is 11.5 Å². The second kappa shape index (κ2) is 8.56. The Labute approximate surface area is 162 Å². The summed E-state index contributed by atoms with van der Waals surface area (Å²) in [6, 6.07) is 9.24. The molecule has 0 bridgehead atoms. The Hall–Kier alpha value is -2.67. The quantitative estimate of drug-likeness (QED) is 0.705. The Bertz CT molecular complexity index is 818. The summed E-state index contributed by atoms with van der Waals surface area (Å²) in [5, 5.41) is 22.5. The third kappa shape index (κ3) is 5.19. The van der Waals surface area contributed by atoms with E-state index in [2.05, 4.69) is 5.32 Å². The van der Waals surface area contributed by atoms with Crippen LogP contribution in [0.5, 0.6) is 11.5 Å². The van der Waals surface area contributed by atoms with E-state index in [0.29, 0.717) is 25.2 Å². The van der Waals surface area contributed by atoms with Gasteiger partial charge in [0.2, 0.25) is 0 Å². The topological polar surface area (TPSA) is 78.8 Å². The van der Waals surface area contributed by atoms with Crippen LogP contribution in [0.1, 0.15) is 36.0 Å². The van der Waals surface area contributed by atoms with Crippen LogP contribution < -0.4 is 10.1 Å². The van der Waals surface area contributed by atoms with Crippen LogP contribution in [0, 0.1) is 17.6 Å². The van der Waals surface area contributed by atoms with E-state index >= 15 is 0 Å². The molecule has 1 amide bonds. The number of rotatable bonds is 6. The van der Waals surface area contributed by atoms with Gasteiger partial charge in [0.1, 0.15) is 11.6 Å². The predicted octanol–water partition coefficient (Wildman–Crippen LogP) is 3.40. The molecule has 28 heavy (non-hydrogen) atoms. The van der Waals surface area contributed by atoms with Gasteiger partial charge in [-0.2, -0.15) is 0 Å². The lowest BCUT2D eigenvalue weighted by molar-refractivity contribution is -0.0129. The number of amides is 1. The first-order valence-corrected chi connectivity index (χ1v) is 9.22. The van der Waals surface area contributed by atoms with E-state index in [0.717, 1.165) is 25.0 Å². The third-order valence-corrected chi connectivity index (χ3v) is 5.12. The number of benzene rings is 2. The maximum absolute atomic E-state index is 13.4. The Kier molecular flexibility index (Phi) is 6.14. The van der Waals surface area contributed by atoms with Crippen molar-refractivity contribution in [1.29, 1.82) is 0 Å². The highest BCUT2D eigenvalue weighted by Crippen LogP contribution is 2.32. The number of carbonyl (C=O) groups excluding carboxylic acids is 1. The molecule has 7 heteroatoms.